The van der Waals surface area contributed by atoms with Crippen molar-refractivity contribution in [2.45, 2.75) is 19.5 Å². The van der Waals surface area contributed by atoms with E-state index in [1.807, 2.05) is 24.3 Å². The first-order valence-corrected chi connectivity index (χ1v) is 9.86. The molecule has 0 bridgehead atoms. The molecular formula is C22H21N7O. The van der Waals surface area contributed by atoms with E-state index in [0.717, 1.165) is 42.1 Å². The predicted molar refractivity (Wildman–Crippen MR) is 114 cm³/mol. The SMILES string of the molecule is NC(=O)c1cccc2c1cnn2-c1nc2c(c(NCc3ccccc3)n1)CNCC2. The zero-order valence-electron chi connectivity index (χ0n) is 16.3. The van der Waals surface area contributed by atoms with Gasteiger partial charge in [0.25, 0.3) is 5.95 Å². The minimum atomic E-state index is -0.484. The number of nitrogens with one attached hydrogen (secondary N) is 2. The lowest BCUT2D eigenvalue weighted by molar-refractivity contribution is 0.100. The molecule has 1 aliphatic heterocycles. The molecule has 1 amide bonds. The predicted octanol–water partition coefficient (Wildman–Crippen LogP) is 2.17. The van der Waals surface area contributed by atoms with Crippen molar-refractivity contribution in [2.24, 2.45) is 5.73 Å². The van der Waals surface area contributed by atoms with Crippen molar-refractivity contribution < 1.29 is 4.79 Å². The standard InChI is InChI=1S/C22H21N7O/c23-20(30)15-7-4-8-19-16(15)13-26-29(19)22-27-18-9-10-24-12-17(18)21(28-22)25-11-14-5-2-1-3-6-14/h1-8,13,24H,9-12H2,(H2,23,30)(H,25,27,28). The molecule has 0 aliphatic carbocycles. The lowest BCUT2D eigenvalue weighted by Crippen LogP contribution is -2.27. The third-order valence-corrected chi connectivity index (χ3v) is 5.29. The van der Waals surface area contributed by atoms with Crippen LogP contribution in [0.2, 0.25) is 0 Å². The van der Waals surface area contributed by atoms with Crippen molar-refractivity contribution in [3.63, 3.8) is 0 Å². The average Bonchev–Trinajstić information content (AvgIpc) is 3.22. The van der Waals surface area contributed by atoms with Gasteiger partial charge in [-0.1, -0.05) is 36.4 Å². The zero-order chi connectivity index (χ0) is 20.5. The molecule has 2 aromatic heterocycles. The molecule has 2 aromatic carbocycles. The second-order valence-electron chi connectivity index (χ2n) is 7.22. The van der Waals surface area contributed by atoms with Gasteiger partial charge in [0, 0.05) is 37.0 Å². The molecule has 4 aromatic rings. The van der Waals surface area contributed by atoms with Gasteiger partial charge in [-0.2, -0.15) is 14.8 Å². The van der Waals surface area contributed by atoms with E-state index in [1.165, 1.54) is 5.56 Å². The van der Waals surface area contributed by atoms with Crippen LogP contribution in [0.15, 0.2) is 54.7 Å². The fourth-order valence-corrected chi connectivity index (χ4v) is 3.78. The van der Waals surface area contributed by atoms with E-state index >= 15 is 0 Å². The number of hydrogen-bond acceptors (Lipinski definition) is 6. The lowest BCUT2D eigenvalue weighted by atomic mass is 10.1. The number of carbonyl (C=O) groups excluding carboxylic acids is 1. The average molecular weight is 399 g/mol. The first-order valence-electron chi connectivity index (χ1n) is 9.86. The van der Waals surface area contributed by atoms with Crippen LogP contribution in [-0.4, -0.2) is 32.2 Å². The first kappa shape index (κ1) is 18.3. The Balaban J connectivity index is 1.58. The molecule has 30 heavy (non-hydrogen) atoms. The smallest absolute Gasteiger partial charge is 0.253 e. The molecule has 0 spiro atoms. The molecular weight excluding hydrogens is 378 g/mol. The highest BCUT2D eigenvalue weighted by Gasteiger charge is 2.20. The van der Waals surface area contributed by atoms with Gasteiger partial charge < -0.3 is 16.4 Å². The Morgan fingerprint density at radius 1 is 1.13 bits per heavy atom. The number of anilines is 1. The van der Waals surface area contributed by atoms with Gasteiger partial charge in [-0.05, 0) is 17.7 Å². The van der Waals surface area contributed by atoms with E-state index in [1.54, 1.807) is 23.0 Å². The Bertz CT molecular complexity index is 1230. The quantitative estimate of drug-likeness (QED) is 0.474. The summed E-state index contributed by atoms with van der Waals surface area (Å²) in [5.74, 6) is 0.784. The number of aromatic nitrogens is 4. The third kappa shape index (κ3) is 3.27. The van der Waals surface area contributed by atoms with E-state index in [4.69, 9.17) is 15.7 Å². The largest absolute Gasteiger partial charge is 0.366 e. The van der Waals surface area contributed by atoms with Crippen molar-refractivity contribution in [3.8, 4) is 5.95 Å². The number of nitrogens with zero attached hydrogens (tertiary/aromatic N) is 4. The Hall–Kier alpha value is -3.78. The van der Waals surface area contributed by atoms with Crippen molar-refractivity contribution in [2.75, 3.05) is 11.9 Å². The van der Waals surface area contributed by atoms with Gasteiger partial charge in [-0.25, -0.2) is 4.98 Å². The van der Waals surface area contributed by atoms with Gasteiger partial charge >= 0.3 is 0 Å². The van der Waals surface area contributed by atoms with Crippen molar-refractivity contribution >= 4 is 22.6 Å². The van der Waals surface area contributed by atoms with Crippen molar-refractivity contribution in [3.05, 3.63) is 77.1 Å². The van der Waals surface area contributed by atoms with E-state index < -0.39 is 5.91 Å². The summed E-state index contributed by atoms with van der Waals surface area (Å²) in [6, 6.07) is 15.6. The molecule has 0 saturated carbocycles. The molecule has 8 heteroatoms. The molecule has 0 saturated heterocycles. The molecule has 0 radical (unpaired) electrons. The number of amides is 1. The Morgan fingerprint density at radius 2 is 2.00 bits per heavy atom. The van der Waals surface area contributed by atoms with Gasteiger partial charge in [-0.3, -0.25) is 4.79 Å². The molecule has 0 fully saturated rings. The maximum absolute atomic E-state index is 11.8. The van der Waals surface area contributed by atoms with E-state index in [0.29, 0.717) is 23.4 Å². The summed E-state index contributed by atoms with van der Waals surface area (Å²) in [4.78, 5) is 21.3. The molecule has 150 valence electrons. The second-order valence-corrected chi connectivity index (χ2v) is 7.22. The highest BCUT2D eigenvalue weighted by molar-refractivity contribution is 6.05. The van der Waals surface area contributed by atoms with Crippen LogP contribution >= 0.6 is 0 Å². The van der Waals surface area contributed by atoms with Crippen LogP contribution < -0.4 is 16.4 Å². The van der Waals surface area contributed by atoms with Gasteiger partial charge in [-0.15, -0.1) is 0 Å². The number of hydrogen-bond donors (Lipinski definition) is 3. The number of benzene rings is 2. The minimum Gasteiger partial charge on any atom is -0.366 e. The first-order chi connectivity index (χ1) is 14.7. The lowest BCUT2D eigenvalue weighted by Gasteiger charge is -2.21. The van der Waals surface area contributed by atoms with E-state index in [2.05, 4.69) is 27.9 Å². The molecule has 8 nitrogen and oxygen atoms in total. The number of carbonyl (C=O) groups is 1. The van der Waals surface area contributed by atoms with E-state index in [9.17, 15) is 4.79 Å². The molecule has 1 aliphatic rings. The Morgan fingerprint density at radius 3 is 2.83 bits per heavy atom. The van der Waals surface area contributed by atoms with Gasteiger partial charge in [0.1, 0.15) is 5.82 Å². The van der Waals surface area contributed by atoms with Crippen LogP contribution in [0, 0.1) is 0 Å². The summed E-state index contributed by atoms with van der Waals surface area (Å²) in [7, 11) is 0. The summed E-state index contributed by atoms with van der Waals surface area (Å²) < 4.78 is 1.66. The van der Waals surface area contributed by atoms with Crippen LogP contribution in [0.25, 0.3) is 16.9 Å². The number of rotatable bonds is 5. The summed E-state index contributed by atoms with van der Waals surface area (Å²) in [6.07, 6.45) is 2.45. The molecule has 5 rings (SSSR count). The Kier molecular flexibility index (Phi) is 4.61. The maximum atomic E-state index is 11.8. The van der Waals surface area contributed by atoms with Crippen molar-refractivity contribution in [1.29, 1.82) is 0 Å². The monoisotopic (exact) mass is 399 g/mol. The fraction of sp³-hybridized carbons (Fsp3) is 0.182. The molecule has 4 N–H and O–H groups in total. The van der Waals surface area contributed by atoms with Gasteiger partial charge in [0.05, 0.1) is 23.0 Å². The topological polar surface area (TPSA) is 111 Å². The maximum Gasteiger partial charge on any atom is 0.253 e. The number of nitrogens with two attached hydrogens (primary N) is 1. The summed E-state index contributed by atoms with van der Waals surface area (Å²) in [5.41, 5.74) is 9.95. The van der Waals surface area contributed by atoms with Crippen LogP contribution in [0.5, 0.6) is 0 Å². The third-order valence-electron chi connectivity index (χ3n) is 5.29. The molecule has 3 heterocycles. The Labute approximate surface area is 173 Å². The molecule has 0 atom stereocenters. The summed E-state index contributed by atoms with van der Waals surface area (Å²) >= 11 is 0. The molecule has 0 unspecified atom stereocenters. The van der Waals surface area contributed by atoms with Gasteiger partial charge in [0.15, 0.2) is 0 Å². The highest BCUT2D eigenvalue weighted by atomic mass is 16.1. The highest BCUT2D eigenvalue weighted by Crippen LogP contribution is 2.25. The normalized spacial score (nSPS) is 13.2. The second kappa shape index (κ2) is 7.57. The fourth-order valence-electron chi connectivity index (χ4n) is 3.78. The van der Waals surface area contributed by atoms with Crippen LogP contribution in [0.4, 0.5) is 5.82 Å². The van der Waals surface area contributed by atoms with Crippen molar-refractivity contribution in [1.82, 2.24) is 25.1 Å². The number of primary amides is 1. The minimum absolute atomic E-state index is 0.434. The summed E-state index contributed by atoms with van der Waals surface area (Å²) in [6.45, 7) is 2.25. The van der Waals surface area contributed by atoms with E-state index in [-0.39, 0.29) is 0 Å². The van der Waals surface area contributed by atoms with Crippen LogP contribution in [0.3, 0.4) is 0 Å². The zero-order valence-corrected chi connectivity index (χ0v) is 16.3. The number of fused-ring (bicyclic) bond motifs is 2. The van der Waals surface area contributed by atoms with Crippen LogP contribution in [0.1, 0.15) is 27.2 Å². The van der Waals surface area contributed by atoms with Crippen LogP contribution in [-0.2, 0) is 19.5 Å². The van der Waals surface area contributed by atoms with Gasteiger partial charge in [0.2, 0.25) is 5.91 Å². The summed E-state index contributed by atoms with van der Waals surface area (Å²) in [5, 5.41) is 12.0.